The van der Waals surface area contributed by atoms with E-state index in [1.165, 1.54) is 12.1 Å². The summed E-state index contributed by atoms with van der Waals surface area (Å²) in [6.07, 6.45) is 2.96. The number of halogens is 2. The van der Waals surface area contributed by atoms with E-state index in [2.05, 4.69) is 25.4 Å². The first-order valence-corrected chi connectivity index (χ1v) is 8.01. The number of rotatable bonds is 7. The molecule has 1 nitrogen and oxygen atoms in total. The van der Waals surface area contributed by atoms with Gasteiger partial charge in [-0.1, -0.05) is 31.5 Å². The maximum atomic E-state index is 13.0. The molecule has 0 fully saturated rings. The van der Waals surface area contributed by atoms with Gasteiger partial charge in [0.25, 0.3) is 0 Å². The number of benzene rings is 1. The van der Waals surface area contributed by atoms with Gasteiger partial charge in [-0.15, -0.1) is 0 Å². The predicted molar refractivity (Wildman–Crippen MR) is 80.1 cm³/mol. The second kappa shape index (κ2) is 8.03. The third-order valence-corrected chi connectivity index (χ3v) is 4.25. The van der Waals surface area contributed by atoms with Crippen LogP contribution in [0.1, 0.15) is 19.4 Å². The van der Waals surface area contributed by atoms with Crippen molar-refractivity contribution < 1.29 is 4.39 Å². The molecule has 0 aliphatic rings. The van der Waals surface area contributed by atoms with Crippen molar-refractivity contribution in [3.8, 4) is 0 Å². The third kappa shape index (κ3) is 4.79. The summed E-state index contributed by atoms with van der Waals surface area (Å²) in [7, 11) is 0. The summed E-state index contributed by atoms with van der Waals surface area (Å²) in [5.74, 6) is 1.39. The third-order valence-electron chi connectivity index (χ3n) is 3.04. The van der Waals surface area contributed by atoms with Gasteiger partial charge in [0.1, 0.15) is 5.82 Å². The van der Waals surface area contributed by atoms with Crippen LogP contribution in [0.4, 0.5) is 4.39 Å². The number of nitrogens with one attached hydrogen (secondary N) is 1. The van der Waals surface area contributed by atoms with Crippen molar-refractivity contribution >= 4 is 23.4 Å². The van der Waals surface area contributed by atoms with Gasteiger partial charge in [-0.3, -0.25) is 0 Å². The summed E-state index contributed by atoms with van der Waals surface area (Å²) in [5, 5.41) is 4.01. The lowest BCUT2D eigenvalue weighted by molar-refractivity contribution is 0.410. The van der Waals surface area contributed by atoms with Gasteiger partial charge >= 0.3 is 0 Å². The lowest BCUT2D eigenvalue weighted by atomic mass is 9.96. The molecule has 102 valence electrons. The first-order valence-electron chi connectivity index (χ1n) is 6.24. The van der Waals surface area contributed by atoms with Gasteiger partial charge in [0, 0.05) is 11.1 Å². The van der Waals surface area contributed by atoms with E-state index in [0.29, 0.717) is 17.0 Å². The fourth-order valence-corrected chi connectivity index (χ4v) is 3.04. The molecule has 0 aliphatic heterocycles. The lowest BCUT2D eigenvalue weighted by Gasteiger charge is -2.25. The van der Waals surface area contributed by atoms with Gasteiger partial charge in [0.15, 0.2) is 0 Å². The Kier molecular flexibility index (Phi) is 7.05. The van der Waals surface area contributed by atoms with Crippen molar-refractivity contribution in [2.75, 3.05) is 18.6 Å². The van der Waals surface area contributed by atoms with Crippen LogP contribution in [0.25, 0.3) is 0 Å². The Morgan fingerprint density at radius 1 is 1.44 bits per heavy atom. The number of hydrogen-bond acceptors (Lipinski definition) is 2. The monoisotopic (exact) mass is 289 g/mol. The highest BCUT2D eigenvalue weighted by Gasteiger charge is 2.17. The maximum absolute atomic E-state index is 13.0. The van der Waals surface area contributed by atoms with E-state index in [1.54, 1.807) is 6.07 Å². The van der Waals surface area contributed by atoms with Crippen LogP contribution < -0.4 is 5.32 Å². The predicted octanol–water partition coefficient (Wildman–Crippen LogP) is 4.00. The van der Waals surface area contributed by atoms with Crippen molar-refractivity contribution in [2.24, 2.45) is 5.92 Å². The summed E-state index contributed by atoms with van der Waals surface area (Å²) in [6.45, 7) is 5.27. The topological polar surface area (TPSA) is 12.0 Å². The molecular formula is C14H21ClFNS. The molecule has 0 radical (unpaired) electrons. The van der Waals surface area contributed by atoms with E-state index in [9.17, 15) is 4.39 Å². The average Bonchev–Trinajstić information content (AvgIpc) is 2.32. The van der Waals surface area contributed by atoms with Gasteiger partial charge in [-0.2, -0.15) is 11.8 Å². The molecule has 0 aliphatic carbocycles. The molecule has 0 amide bonds. The summed E-state index contributed by atoms with van der Waals surface area (Å²) >= 11 is 7.93. The molecular weight excluding hydrogens is 269 g/mol. The Bertz CT molecular complexity index is 373. The van der Waals surface area contributed by atoms with Crippen LogP contribution >= 0.6 is 23.4 Å². The molecule has 0 spiro atoms. The molecule has 0 heterocycles. The second-order valence-corrected chi connectivity index (χ2v) is 5.85. The molecule has 2 unspecified atom stereocenters. The highest BCUT2D eigenvalue weighted by Crippen LogP contribution is 2.21. The zero-order chi connectivity index (χ0) is 13.5. The van der Waals surface area contributed by atoms with Crippen molar-refractivity contribution in [1.29, 1.82) is 0 Å². The van der Waals surface area contributed by atoms with Crippen LogP contribution in [0.5, 0.6) is 0 Å². The molecule has 0 saturated carbocycles. The Morgan fingerprint density at radius 3 is 2.72 bits per heavy atom. The molecule has 1 aromatic carbocycles. The highest BCUT2D eigenvalue weighted by atomic mass is 35.5. The Morgan fingerprint density at radius 2 is 2.17 bits per heavy atom. The molecule has 1 N–H and O–H groups in total. The van der Waals surface area contributed by atoms with Gasteiger partial charge in [-0.25, -0.2) is 4.39 Å². The normalized spacial score (nSPS) is 14.5. The molecule has 18 heavy (non-hydrogen) atoms. The molecule has 4 heteroatoms. The lowest BCUT2D eigenvalue weighted by Crippen LogP contribution is -2.37. The van der Waals surface area contributed by atoms with E-state index in [4.69, 9.17) is 11.6 Å². The van der Waals surface area contributed by atoms with Crippen molar-refractivity contribution in [3.05, 3.63) is 34.6 Å². The largest absolute Gasteiger partial charge is 0.314 e. The van der Waals surface area contributed by atoms with Crippen molar-refractivity contribution in [2.45, 2.75) is 26.3 Å². The molecule has 1 aromatic rings. The van der Waals surface area contributed by atoms with E-state index in [1.807, 2.05) is 11.8 Å². The first-order chi connectivity index (χ1) is 8.58. The van der Waals surface area contributed by atoms with Gasteiger partial charge < -0.3 is 5.32 Å². The van der Waals surface area contributed by atoms with Crippen LogP contribution in [-0.4, -0.2) is 24.6 Å². The summed E-state index contributed by atoms with van der Waals surface area (Å²) in [5.41, 5.74) is 1.01. The van der Waals surface area contributed by atoms with Crippen molar-refractivity contribution in [3.63, 3.8) is 0 Å². The van der Waals surface area contributed by atoms with Crippen molar-refractivity contribution in [1.82, 2.24) is 5.32 Å². The standard InChI is InChI=1S/C14H21ClFNS/c1-4-17-14(10(2)9-18-3)7-11-5-6-12(16)8-13(11)15/h5-6,8,10,14,17H,4,7,9H2,1-3H3. The summed E-state index contributed by atoms with van der Waals surface area (Å²) in [4.78, 5) is 0. The Balaban J connectivity index is 2.75. The van der Waals surface area contributed by atoms with E-state index < -0.39 is 0 Å². The number of hydrogen-bond donors (Lipinski definition) is 1. The molecule has 0 aromatic heterocycles. The van der Waals surface area contributed by atoms with Gasteiger partial charge in [-0.05, 0) is 48.6 Å². The van der Waals surface area contributed by atoms with Crippen LogP contribution in [0.3, 0.4) is 0 Å². The second-order valence-electron chi connectivity index (χ2n) is 4.54. The minimum Gasteiger partial charge on any atom is -0.314 e. The molecule has 1 rings (SSSR count). The SMILES string of the molecule is CCNC(Cc1ccc(F)cc1Cl)C(C)CSC. The van der Waals surface area contributed by atoms with Crippen LogP contribution in [0.2, 0.25) is 5.02 Å². The zero-order valence-corrected chi connectivity index (χ0v) is 12.7. The first kappa shape index (κ1) is 15.8. The zero-order valence-electron chi connectivity index (χ0n) is 11.2. The number of thioether (sulfide) groups is 1. The number of likely N-dealkylation sites (N-methyl/N-ethyl adjacent to an activating group) is 1. The molecule has 0 saturated heterocycles. The van der Waals surface area contributed by atoms with E-state index >= 15 is 0 Å². The summed E-state index contributed by atoms with van der Waals surface area (Å²) in [6, 6.07) is 5.03. The van der Waals surface area contributed by atoms with Crippen LogP contribution in [0, 0.1) is 11.7 Å². The fourth-order valence-electron chi connectivity index (χ4n) is 2.04. The van der Waals surface area contributed by atoms with Gasteiger partial charge in [0.2, 0.25) is 0 Å². The average molecular weight is 290 g/mol. The van der Waals surface area contributed by atoms with E-state index in [-0.39, 0.29) is 5.82 Å². The Hall–Kier alpha value is -0.250. The fraction of sp³-hybridized carbons (Fsp3) is 0.571. The molecule has 0 bridgehead atoms. The van der Waals surface area contributed by atoms with E-state index in [0.717, 1.165) is 24.3 Å². The summed E-state index contributed by atoms with van der Waals surface area (Å²) < 4.78 is 13.0. The van der Waals surface area contributed by atoms with Gasteiger partial charge in [0.05, 0.1) is 0 Å². The Labute approximate surface area is 118 Å². The quantitative estimate of drug-likeness (QED) is 0.814. The minimum absolute atomic E-state index is 0.277. The smallest absolute Gasteiger partial charge is 0.124 e. The van der Waals surface area contributed by atoms with Crippen LogP contribution in [0.15, 0.2) is 18.2 Å². The highest BCUT2D eigenvalue weighted by molar-refractivity contribution is 7.98. The maximum Gasteiger partial charge on any atom is 0.124 e. The molecule has 2 atom stereocenters. The van der Waals surface area contributed by atoms with Crippen LogP contribution in [-0.2, 0) is 6.42 Å². The minimum atomic E-state index is -0.277.